The maximum absolute atomic E-state index is 5.87. The smallest absolute Gasteiger partial charge is 0.211 e. The second kappa shape index (κ2) is 5.84. The molecule has 4 aromatic rings. The second-order valence-corrected chi connectivity index (χ2v) is 7.00. The lowest BCUT2D eigenvalue weighted by atomic mass is 10.3. The van der Waals surface area contributed by atoms with Gasteiger partial charge in [-0.3, -0.25) is 4.98 Å². The summed E-state index contributed by atoms with van der Waals surface area (Å²) in [6.45, 7) is 1.99. The summed E-state index contributed by atoms with van der Waals surface area (Å²) in [5.41, 5.74) is 2.84. The highest BCUT2D eigenvalue weighted by molar-refractivity contribution is 7.18. The SMILES string of the molecule is Cc1nc(-c2cccnc2)sc1-c1ccn(-c2nc(Cl)cs2)n1. The first-order valence-electron chi connectivity index (χ1n) is 6.76. The molecule has 23 heavy (non-hydrogen) atoms. The van der Waals surface area contributed by atoms with Crippen LogP contribution in [0.25, 0.3) is 26.3 Å². The van der Waals surface area contributed by atoms with Crippen LogP contribution in [0.4, 0.5) is 0 Å². The van der Waals surface area contributed by atoms with Crippen LogP contribution >= 0.6 is 34.3 Å². The molecular weight excluding hydrogens is 350 g/mol. The van der Waals surface area contributed by atoms with Crippen LogP contribution in [0.2, 0.25) is 5.15 Å². The summed E-state index contributed by atoms with van der Waals surface area (Å²) in [6.07, 6.45) is 5.46. The minimum absolute atomic E-state index is 0.481. The van der Waals surface area contributed by atoms with E-state index in [4.69, 9.17) is 11.6 Å². The number of thiazole rings is 2. The van der Waals surface area contributed by atoms with Gasteiger partial charge in [0.25, 0.3) is 0 Å². The van der Waals surface area contributed by atoms with Gasteiger partial charge in [-0.1, -0.05) is 11.6 Å². The van der Waals surface area contributed by atoms with E-state index in [0.29, 0.717) is 5.15 Å². The number of aryl methyl sites for hydroxylation is 1. The first kappa shape index (κ1) is 14.5. The van der Waals surface area contributed by atoms with Crippen molar-refractivity contribution in [3.63, 3.8) is 0 Å². The highest BCUT2D eigenvalue weighted by Crippen LogP contribution is 2.34. The van der Waals surface area contributed by atoms with Crippen LogP contribution in [0, 0.1) is 6.92 Å². The van der Waals surface area contributed by atoms with Gasteiger partial charge >= 0.3 is 0 Å². The summed E-state index contributed by atoms with van der Waals surface area (Å²) in [5, 5.41) is 8.55. The normalized spacial score (nSPS) is 11.0. The van der Waals surface area contributed by atoms with Gasteiger partial charge < -0.3 is 0 Å². The molecule has 0 spiro atoms. The van der Waals surface area contributed by atoms with E-state index in [1.807, 2.05) is 37.5 Å². The topological polar surface area (TPSA) is 56.5 Å². The molecule has 114 valence electrons. The molecule has 4 rings (SSSR count). The van der Waals surface area contributed by atoms with E-state index in [2.05, 4.69) is 20.1 Å². The van der Waals surface area contributed by atoms with Crippen LogP contribution in [-0.4, -0.2) is 24.7 Å². The lowest BCUT2D eigenvalue weighted by Gasteiger charge is -1.94. The van der Waals surface area contributed by atoms with E-state index in [1.165, 1.54) is 11.3 Å². The quantitative estimate of drug-likeness (QED) is 0.541. The summed E-state index contributed by atoms with van der Waals surface area (Å²) in [6, 6.07) is 5.88. The molecule has 0 saturated carbocycles. The molecule has 8 heteroatoms. The van der Waals surface area contributed by atoms with Crippen LogP contribution in [0.15, 0.2) is 42.2 Å². The predicted molar refractivity (Wildman–Crippen MR) is 93.3 cm³/mol. The summed E-state index contributed by atoms with van der Waals surface area (Å²) < 4.78 is 1.73. The Morgan fingerprint density at radius 1 is 1.22 bits per heavy atom. The van der Waals surface area contributed by atoms with Gasteiger partial charge in [0.05, 0.1) is 10.6 Å². The molecule has 0 unspecified atom stereocenters. The van der Waals surface area contributed by atoms with Crippen LogP contribution in [0.3, 0.4) is 0 Å². The molecule has 0 saturated heterocycles. The Morgan fingerprint density at radius 2 is 2.13 bits per heavy atom. The third kappa shape index (κ3) is 2.78. The molecule has 0 aliphatic rings. The van der Waals surface area contributed by atoms with Crippen molar-refractivity contribution in [1.82, 2.24) is 24.7 Å². The van der Waals surface area contributed by atoms with Crippen molar-refractivity contribution < 1.29 is 0 Å². The second-order valence-electron chi connectivity index (χ2n) is 4.77. The van der Waals surface area contributed by atoms with E-state index >= 15 is 0 Å². The van der Waals surface area contributed by atoms with E-state index in [9.17, 15) is 0 Å². The molecule has 0 bridgehead atoms. The predicted octanol–water partition coefficient (Wildman–Crippen LogP) is 4.48. The Morgan fingerprint density at radius 3 is 2.87 bits per heavy atom. The van der Waals surface area contributed by atoms with Gasteiger partial charge in [-0.15, -0.1) is 22.7 Å². The number of aromatic nitrogens is 5. The summed E-state index contributed by atoms with van der Waals surface area (Å²) in [4.78, 5) is 14.1. The van der Waals surface area contributed by atoms with E-state index in [-0.39, 0.29) is 0 Å². The number of nitrogens with zero attached hydrogens (tertiary/aromatic N) is 5. The highest BCUT2D eigenvalue weighted by Gasteiger charge is 2.14. The summed E-state index contributed by atoms with van der Waals surface area (Å²) in [7, 11) is 0. The van der Waals surface area contributed by atoms with Gasteiger partial charge in [0.15, 0.2) is 0 Å². The zero-order chi connectivity index (χ0) is 15.8. The van der Waals surface area contributed by atoms with Gasteiger partial charge in [-0.25, -0.2) is 14.6 Å². The first-order chi connectivity index (χ1) is 11.2. The van der Waals surface area contributed by atoms with Gasteiger partial charge in [0, 0.05) is 29.5 Å². The maximum Gasteiger partial charge on any atom is 0.211 e. The van der Waals surface area contributed by atoms with Crippen LogP contribution in [0.5, 0.6) is 0 Å². The minimum Gasteiger partial charge on any atom is -0.264 e. The van der Waals surface area contributed by atoms with Crippen molar-refractivity contribution in [2.24, 2.45) is 0 Å². The van der Waals surface area contributed by atoms with Gasteiger partial charge in [0.2, 0.25) is 5.13 Å². The molecule has 0 amide bonds. The molecule has 5 nitrogen and oxygen atoms in total. The monoisotopic (exact) mass is 359 g/mol. The molecule has 0 atom stereocenters. The standard InChI is InChI=1S/C15H10ClN5S2/c1-9-13(23-14(18-9)10-3-2-5-17-7-10)11-4-6-21(20-11)15-19-12(16)8-22-15/h2-8H,1H3. The Hall–Kier alpha value is -2.09. The Labute approximate surface area is 145 Å². The Bertz CT molecular complexity index is 957. The molecule has 0 fully saturated rings. The number of halogens is 1. The van der Waals surface area contributed by atoms with Crippen molar-refractivity contribution in [2.45, 2.75) is 6.92 Å². The van der Waals surface area contributed by atoms with Gasteiger partial charge in [0.1, 0.15) is 15.9 Å². The van der Waals surface area contributed by atoms with Crippen molar-refractivity contribution in [3.05, 3.63) is 53.0 Å². The molecule has 0 aliphatic heterocycles. The number of rotatable bonds is 3. The van der Waals surface area contributed by atoms with Crippen molar-refractivity contribution in [3.8, 4) is 26.3 Å². The molecule has 0 aliphatic carbocycles. The van der Waals surface area contributed by atoms with E-state index < -0.39 is 0 Å². The molecule has 4 heterocycles. The lowest BCUT2D eigenvalue weighted by molar-refractivity contribution is 0.873. The third-order valence-corrected chi connectivity index (χ3v) is 5.57. The minimum atomic E-state index is 0.481. The molecule has 4 aromatic heterocycles. The van der Waals surface area contributed by atoms with Crippen LogP contribution in [0.1, 0.15) is 5.69 Å². The first-order valence-corrected chi connectivity index (χ1v) is 8.83. The average molecular weight is 360 g/mol. The number of hydrogen-bond donors (Lipinski definition) is 0. The van der Waals surface area contributed by atoms with Gasteiger partial charge in [-0.05, 0) is 25.1 Å². The fourth-order valence-electron chi connectivity index (χ4n) is 2.15. The average Bonchev–Trinajstić information content (AvgIpc) is 3.27. The zero-order valence-corrected chi connectivity index (χ0v) is 14.4. The van der Waals surface area contributed by atoms with Crippen molar-refractivity contribution in [1.29, 1.82) is 0 Å². The summed E-state index contributed by atoms with van der Waals surface area (Å²) in [5.74, 6) is 0. The Balaban J connectivity index is 1.72. The van der Waals surface area contributed by atoms with Crippen LogP contribution in [-0.2, 0) is 0 Å². The highest BCUT2D eigenvalue weighted by atomic mass is 35.5. The molecule has 0 radical (unpaired) electrons. The number of hydrogen-bond acceptors (Lipinski definition) is 6. The fraction of sp³-hybridized carbons (Fsp3) is 0.0667. The lowest BCUT2D eigenvalue weighted by Crippen LogP contribution is -1.93. The van der Waals surface area contributed by atoms with Crippen LogP contribution < -0.4 is 0 Å². The largest absolute Gasteiger partial charge is 0.264 e. The maximum atomic E-state index is 5.87. The van der Waals surface area contributed by atoms with E-state index in [1.54, 1.807) is 27.6 Å². The zero-order valence-electron chi connectivity index (χ0n) is 12.0. The Kier molecular flexibility index (Phi) is 3.68. The third-order valence-electron chi connectivity index (χ3n) is 3.19. The van der Waals surface area contributed by atoms with Crippen molar-refractivity contribution in [2.75, 3.05) is 0 Å². The number of pyridine rings is 1. The fourth-order valence-corrected chi connectivity index (χ4v) is 4.05. The molecular formula is C15H10ClN5S2. The van der Waals surface area contributed by atoms with Gasteiger partial charge in [-0.2, -0.15) is 5.10 Å². The molecule has 0 N–H and O–H groups in total. The van der Waals surface area contributed by atoms with Crippen molar-refractivity contribution >= 4 is 34.3 Å². The molecule has 0 aromatic carbocycles. The summed E-state index contributed by atoms with van der Waals surface area (Å²) >= 11 is 8.94. The van der Waals surface area contributed by atoms with E-state index in [0.717, 1.165) is 32.0 Å².